The van der Waals surface area contributed by atoms with Crippen LogP contribution in [0.25, 0.3) is 0 Å². The molecule has 1 aliphatic carbocycles. The number of phenols is 1. The Morgan fingerprint density at radius 3 is 2.64 bits per heavy atom. The van der Waals surface area contributed by atoms with Crippen molar-refractivity contribution in [3.05, 3.63) is 29.8 Å². The van der Waals surface area contributed by atoms with Crippen molar-refractivity contribution in [1.82, 2.24) is 9.80 Å². The second-order valence-corrected chi connectivity index (χ2v) is 7.82. The molecule has 2 amide bonds. The van der Waals surface area contributed by atoms with E-state index < -0.39 is 0 Å². The molecule has 3 aliphatic heterocycles. The minimum atomic E-state index is -0.0489. The van der Waals surface area contributed by atoms with Crippen molar-refractivity contribution in [1.29, 1.82) is 0 Å². The van der Waals surface area contributed by atoms with Crippen molar-refractivity contribution < 1.29 is 14.7 Å². The third-order valence-corrected chi connectivity index (χ3v) is 6.16. The van der Waals surface area contributed by atoms with Crippen LogP contribution in [-0.2, 0) is 16.0 Å². The normalized spacial score (nSPS) is 26.5. The monoisotopic (exact) mass is 342 g/mol. The van der Waals surface area contributed by atoms with Crippen LogP contribution in [0.1, 0.15) is 37.7 Å². The molecule has 0 spiro atoms. The number of para-hydroxylation sites is 1. The van der Waals surface area contributed by atoms with Crippen LogP contribution < -0.4 is 0 Å². The summed E-state index contributed by atoms with van der Waals surface area (Å²) in [6.07, 6.45) is 5.84. The largest absolute Gasteiger partial charge is 0.508 e. The SMILES string of the molecule is O=C(Cc1ccccc1O)N1C[C@@H]2CC[C@H](C1)N(CC1CCC1)C2=O. The van der Waals surface area contributed by atoms with Gasteiger partial charge in [-0.1, -0.05) is 24.6 Å². The molecule has 5 rings (SSSR count). The van der Waals surface area contributed by atoms with Crippen LogP contribution in [0.4, 0.5) is 0 Å². The van der Waals surface area contributed by atoms with E-state index in [1.165, 1.54) is 19.3 Å². The summed E-state index contributed by atoms with van der Waals surface area (Å²) >= 11 is 0. The Morgan fingerprint density at radius 2 is 1.92 bits per heavy atom. The molecule has 3 saturated heterocycles. The van der Waals surface area contributed by atoms with Gasteiger partial charge < -0.3 is 14.9 Å². The highest BCUT2D eigenvalue weighted by atomic mass is 16.3. The summed E-state index contributed by atoms with van der Waals surface area (Å²) in [5.74, 6) is 1.04. The molecule has 5 heteroatoms. The van der Waals surface area contributed by atoms with E-state index in [2.05, 4.69) is 4.90 Å². The number of rotatable bonds is 4. The van der Waals surface area contributed by atoms with Crippen molar-refractivity contribution >= 4 is 11.8 Å². The summed E-state index contributed by atoms with van der Waals surface area (Å²) in [4.78, 5) is 29.5. The Labute approximate surface area is 148 Å². The number of nitrogens with zero attached hydrogens (tertiary/aromatic N) is 2. The van der Waals surface area contributed by atoms with E-state index in [1.807, 2.05) is 11.0 Å². The first kappa shape index (κ1) is 16.4. The van der Waals surface area contributed by atoms with Crippen LogP contribution >= 0.6 is 0 Å². The highest BCUT2D eigenvalue weighted by Crippen LogP contribution is 2.34. The van der Waals surface area contributed by atoms with E-state index in [-0.39, 0.29) is 35.9 Å². The van der Waals surface area contributed by atoms with Gasteiger partial charge in [0.2, 0.25) is 11.8 Å². The molecule has 4 aliphatic rings. The number of phenolic OH excluding ortho intramolecular Hbond substituents is 1. The number of benzene rings is 1. The molecule has 1 N–H and O–H groups in total. The lowest BCUT2D eigenvalue weighted by atomic mass is 9.83. The van der Waals surface area contributed by atoms with Gasteiger partial charge in [0.05, 0.1) is 12.3 Å². The summed E-state index contributed by atoms with van der Waals surface area (Å²) in [6.45, 7) is 2.05. The molecule has 3 heterocycles. The molecule has 4 fully saturated rings. The van der Waals surface area contributed by atoms with Crippen LogP contribution in [0.2, 0.25) is 0 Å². The van der Waals surface area contributed by atoms with Gasteiger partial charge in [0.25, 0.3) is 0 Å². The molecule has 0 unspecified atom stereocenters. The highest BCUT2D eigenvalue weighted by Gasteiger charge is 2.42. The van der Waals surface area contributed by atoms with Gasteiger partial charge in [0.15, 0.2) is 0 Å². The fraction of sp³-hybridized carbons (Fsp3) is 0.600. The lowest BCUT2D eigenvalue weighted by molar-refractivity contribution is -0.141. The minimum Gasteiger partial charge on any atom is -0.508 e. The van der Waals surface area contributed by atoms with Crippen molar-refractivity contribution in [3.63, 3.8) is 0 Å². The molecule has 2 atom stereocenters. The van der Waals surface area contributed by atoms with Gasteiger partial charge >= 0.3 is 0 Å². The van der Waals surface area contributed by atoms with E-state index in [9.17, 15) is 14.7 Å². The molecular weight excluding hydrogens is 316 g/mol. The Kier molecular flexibility index (Phi) is 4.40. The third kappa shape index (κ3) is 3.24. The second kappa shape index (κ2) is 6.70. The summed E-state index contributed by atoms with van der Waals surface area (Å²) in [7, 11) is 0. The quantitative estimate of drug-likeness (QED) is 0.912. The number of hydrogen-bond acceptors (Lipinski definition) is 3. The number of piperidine rings is 1. The summed E-state index contributed by atoms with van der Waals surface area (Å²) in [5, 5.41) is 9.91. The molecular formula is C20H26N2O3. The first-order chi connectivity index (χ1) is 12.1. The average molecular weight is 342 g/mol. The van der Waals surface area contributed by atoms with Crippen LogP contribution in [0.5, 0.6) is 5.75 Å². The maximum atomic E-state index is 12.8. The van der Waals surface area contributed by atoms with Gasteiger partial charge in [0, 0.05) is 31.2 Å². The fourth-order valence-corrected chi connectivity index (χ4v) is 4.37. The Balaban J connectivity index is 1.46. The molecule has 5 nitrogen and oxygen atoms in total. The van der Waals surface area contributed by atoms with Crippen molar-refractivity contribution in [2.45, 2.75) is 44.6 Å². The topological polar surface area (TPSA) is 60.9 Å². The molecule has 2 bridgehead atoms. The summed E-state index contributed by atoms with van der Waals surface area (Å²) < 4.78 is 0. The Morgan fingerprint density at radius 1 is 1.12 bits per heavy atom. The summed E-state index contributed by atoms with van der Waals surface area (Å²) in [6, 6.07) is 7.15. The van der Waals surface area contributed by atoms with Gasteiger partial charge in [-0.05, 0) is 37.7 Å². The van der Waals surface area contributed by atoms with Gasteiger partial charge in [-0.2, -0.15) is 0 Å². The number of amides is 2. The molecule has 25 heavy (non-hydrogen) atoms. The number of carbonyl (C=O) groups is 2. The van der Waals surface area contributed by atoms with Crippen molar-refractivity contribution in [2.75, 3.05) is 19.6 Å². The third-order valence-electron chi connectivity index (χ3n) is 6.16. The minimum absolute atomic E-state index is 0.0108. The zero-order chi connectivity index (χ0) is 17.4. The Bertz CT molecular complexity index is 671. The first-order valence-corrected chi connectivity index (χ1v) is 9.47. The predicted molar refractivity (Wildman–Crippen MR) is 94.0 cm³/mol. The number of aromatic hydroxyl groups is 1. The fourth-order valence-electron chi connectivity index (χ4n) is 4.37. The van der Waals surface area contributed by atoms with Gasteiger partial charge in [0.1, 0.15) is 5.75 Å². The molecule has 1 aromatic carbocycles. The van der Waals surface area contributed by atoms with E-state index in [1.54, 1.807) is 18.2 Å². The lowest BCUT2D eigenvalue weighted by Crippen LogP contribution is -2.50. The van der Waals surface area contributed by atoms with Gasteiger partial charge in [-0.15, -0.1) is 0 Å². The second-order valence-electron chi connectivity index (χ2n) is 7.82. The van der Waals surface area contributed by atoms with Crippen LogP contribution in [0.15, 0.2) is 24.3 Å². The van der Waals surface area contributed by atoms with Crippen LogP contribution in [-0.4, -0.2) is 52.4 Å². The number of hydrogen-bond donors (Lipinski definition) is 1. The number of carbonyl (C=O) groups excluding carboxylic acids is 2. The zero-order valence-electron chi connectivity index (χ0n) is 14.6. The first-order valence-electron chi connectivity index (χ1n) is 9.47. The molecule has 1 saturated carbocycles. The van der Waals surface area contributed by atoms with E-state index in [0.29, 0.717) is 24.6 Å². The zero-order valence-corrected chi connectivity index (χ0v) is 14.6. The Hall–Kier alpha value is -2.04. The summed E-state index contributed by atoms with van der Waals surface area (Å²) in [5.41, 5.74) is 0.654. The number of fused-ring (bicyclic) bond motifs is 4. The highest BCUT2D eigenvalue weighted by molar-refractivity contribution is 5.84. The van der Waals surface area contributed by atoms with Crippen LogP contribution in [0, 0.1) is 11.8 Å². The predicted octanol–water partition coefficient (Wildman–Crippen LogP) is 2.18. The standard InChI is InChI=1S/C20H26N2O3/c23-18-7-2-1-6-15(18)10-19(24)21-12-16-8-9-17(13-21)22(20(16)25)11-14-4-3-5-14/h1-2,6-7,14,16-17,23H,3-5,8-13H2/t16-,17+/m0/s1. The van der Waals surface area contributed by atoms with Crippen molar-refractivity contribution in [2.24, 2.45) is 11.8 Å². The van der Waals surface area contributed by atoms with Crippen LogP contribution in [0.3, 0.4) is 0 Å². The smallest absolute Gasteiger partial charge is 0.227 e. The molecule has 134 valence electrons. The van der Waals surface area contributed by atoms with E-state index in [4.69, 9.17) is 0 Å². The average Bonchev–Trinajstić information content (AvgIpc) is 2.85. The van der Waals surface area contributed by atoms with Gasteiger partial charge in [-0.3, -0.25) is 9.59 Å². The maximum absolute atomic E-state index is 12.8. The lowest BCUT2D eigenvalue weighted by Gasteiger charge is -2.40. The molecule has 0 radical (unpaired) electrons. The maximum Gasteiger partial charge on any atom is 0.227 e. The van der Waals surface area contributed by atoms with E-state index in [0.717, 1.165) is 19.4 Å². The molecule has 1 aromatic rings. The van der Waals surface area contributed by atoms with E-state index >= 15 is 0 Å². The van der Waals surface area contributed by atoms with Crippen molar-refractivity contribution in [3.8, 4) is 5.75 Å². The molecule has 0 aromatic heterocycles. The van der Waals surface area contributed by atoms with Gasteiger partial charge in [-0.25, -0.2) is 0 Å².